The lowest BCUT2D eigenvalue weighted by molar-refractivity contribution is 0.0942. The third kappa shape index (κ3) is 4.06. The van der Waals surface area contributed by atoms with Crippen LogP contribution in [0.3, 0.4) is 0 Å². The Morgan fingerprint density at radius 2 is 2.00 bits per heavy atom. The van der Waals surface area contributed by atoms with Crippen molar-refractivity contribution < 1.29 is 9.53 Å². The molecule has 1 amide bonds. The van der Waals surface area contributed by atoms with Crippen LogP contribution in [0.4, 0.5) is 0 Å². The summed E-state index contributed by atoms with van der Waals surface area (Å²) in [6, 6.07) is 9.38. The maximum absolute atomic E-state index is 12.2. The summed E-state index contributed by atoms with van der Waals surface area (Å²) in [5.41, 5.74) is 1.86. The number of thiophene rings is 1. The molecule has 0 bridgehead atoms. The van der Waals surface area contributed by atoms with Gasteiger partial charge in [-0.05, 0) is 60.8 Å². The average molecular weight is 304 g/mol. The van der Waals surface area contributed by atoms with E-state index in [1.165, 1.54) is 5.56 Å². The Kier molecular flexibility index (Phi) is 5.36. The van der Waals surface area contributed by atoms with Crippen LogP contribution < -0.4 is 10.1 Å². The molecule has 0 aliphatic rings. The molecule has 0 saturated carbocycles. The zero-order valence-electron chi connectivity index (χ0n) is 12.5. The van der Waals surface area contributed by atoms with E-state index in [9.17, 15) is 4.79 Å². The highest BCUT2D eigenvalue weighted by molar-refractivity contribution is 7.07. The molecular formula is C16H20N2O2S. The van der Waals surface area contributed by atoms with Crippen molar-refractivity contribution in [1.82, 2.24) is 10.2 Å². The Labute approximate surface area is 129 Å². The third-order valence-corrected chi connectivity index (χ3v) is 4.06. The van der Waals surface area contributed by atoms with Gasteiger partial charge in [-0.15, -0.1) is 0 Å². The molecule has 0 saturated heterocycles. The highest BCUT2D eigenvalue weighted by Crippen LogP contribution is 2.20. The molecule has 2 rings (SSSR count). The normalized spacial score (nSPS) is 12.2. The summed E-state index contributed by atoms with van der Waals surface area (Å²) in [4.78, 5) is 14.3. The highest BCUT2D eigenvalue weighted by atomic mass is 32.1. The molecule has 5 heteroatoms. The zero-order chi connectivity index (χ0) is 15.2. The monoisotopic (exact) mass is 304 g/mol. The Morgan fingerprint density at radius 1 is 1.29 bits per heavy atom. The van der Waals surface area contributed by atoms with Crippen molar-refractivity contribution in [3.8, 4) is 5.75 Å². The molecule has 1 atom stereocenters. The van der Waals surface area contributed by atoms with Gasteiger partial charge in [-0.25, -0.2) is 0 Å². The summed E-state index contributed by atoms with van der Waals surface area (Å²) in [6.45, 7) is 0.578. The molecule has 1 aromatic heterocycles. The van der Waals surface area contributed by atoms with Gasteiger partial charge in [0.05, 0.1) is 13.2 Å². The van der Waals surface area contributed by atoms with E-state index >= 15 is 0 Å². The number of likely N-dealkylation sites (N-methyl/N-ethyl adjacent to an activating group) is 1. The SMILES string of the molecule is COc1ccc(C(=O)NCC(c2ccsc2)N(C)C)cc1. The summed E-state index contributed by atoms with van der Waals surface area (Å²) in [5, 5.41) is 7.16. The molecule has 1 heterocycles. The molecule has 2 aromatic rings. The van der Waals surface area contributed by atoms with Gasteiger partial charge < -0.3 is 15.0 Å². The van der Waals surface area contributed by atoms with E-state index in [4.69, 9.17) is 4.74 Å². The van der Waals surface area contributed by atoms with Gasteiger partial charge in [0.15, 0.2) is 0 Å². The van der Waals surface area contributed by atoms with E-state index < -0.39 is 0 Å². The van der Waals surface area contributed by atoms with Crippen LogP contribution >= 0.6 is 11.3 Å². The first-order chi connectivity index (χ1) is 10.1. The van der Waals surface area contributed by atoms with E-state index in [0.29, 0.717) is 12.1 Å². The summed E-state index contributed by atoms with van der Waals surface area (Å²) in [6.07, 6.45) is 0. The maximum Gasteiger partial charge on any atom is 0.251 e. The van der Waals surface area contributed by atoms with Crippen molar-refractivity contribution in [2.24, 2.45) is 0 Å². The van der Waals surface area contributed by atoms with Crippen LogP contribution in [0.25, 0.3) is 0 Å². The molecule has 1 N–H and O–H groups in total. The van der Waals surface area contributed by atoms with Gasteiger partial charge >= 0.3 is 0 Å². The van der Waals surface area contributed by atoms with Crippen LogP contribution in [-0.4, -0.2) is 38.6 Å². The van der Waals surface area contributed by atoms with E-state index in [1.54, 1.807) is 42.7 Å². The first kappa shape index (κ1) is 15.5. The minimum absolute atomic E-state index is 0.0697. The summed E-state index contributed by atoms with van der Waals surface area (Å²) < 4.78 is 5.09. The van der Waals surface area contributed by atoms with Crippen molar-refractivity contribution in [1.29, 1.82) is 0 Å². The van der Waals surface area contributed by atoms with E-state index in [0.717, 1.165) is 5.75 Å². The van der Waals surface area contributed by atoms with E-state index in [1.807, 2.05) is 14.1 Å². The Morgan fingerprint density at radius 3 is 2.52 bits per heavy atom. The molecule has 0 radical (unpaired) electrons. The van der Waals surface area contributed by atoms with Crippen molar-refractivity contribution in [3.05, 3.63) is 52.2 Å². The second kappa shape index (κ2) is 7.24. The smallest absolute Gasteiger partial charge is 0.251 e. The molecule has 4 nitrogen and oxygen atoms in total. The number of benzene rings is 1. The fraction of sp³-hybridized carbons (Fsp3) is 0.312. The zero-order valence-corrected chi connectivity index (χ0v) is 13.3. The Hall–Kier alpha value is -1.85. The second-order valence-electron chi connectivity index (χ2n) is 4.97. The molecule has 112 valence electrons. The number of nitrogens with one attached hydrogen (secondary N) is 1. The lowest BCUT2D eigenvalue weighted by Gasteiger charge is -2.24. The lowest BCUT2D eigenvalue weighted by atomic mass is 10.1. The van der Waals surface area contributed by atoms with Gasteiger partial charge in [0.1, 0.15) is 5.75 Å². The number of carbonyl (C=O) groups is 1. The number of carbonyl (C=O) groups excluding carboxylic acids is 1. The lowest BCUT2D eigenvalue weighted by Crippen LogP contribution is -2.34. The number of rotatable bonds is 6. The average Bonchev–Trinajstić information content (AvgIpc) is 3.01. The summed E-state index contributed by atoms with van der Waals surface area (Å²) >= 11 is 1.67. The first-order valence-corrected chi connectivity index (χ1v) is 7.67. The topological polar surface area (TPSA) is 41.6 Å². The van der Waals surface area contributed by atoms with Crippen LogP contribution in [0.5, 0.6) is 5.75 Å². The molecule has 21 heavy (non-hydrogen) atoms. The number of amides is 1. The van der Waals surface area contributed by atoms with Gasteiger partial charge in [0.25, 0.3) is 5.91 Å². The fourth-order valence-electron chi connectivity index (χ4n) is 2.10. The summed E-state index contributed by atoms with van der Waals surface area (Å²) in [5.74, 6) is 0.677. The molecule has 0 fully saturated rings. The van der Waals surface area contributed by atoms with Gasteiger partial charge in [-0.3, -0.25) is 4.79 Å². The number of hydrogen-bond donors (Lipinski definition) is 1. The second-order valence-corrected chi connectivity index (χ2v) is 5.75. The first-order valence-electron chi connectivity index (χ1n) is 6.72. The Balaban J connectivity index is 1.98. The number of nitrogens with zero attached hydrogens (tertiary/aromatic N) is 1. The van der Waals surface area contributed by atoms with E-state index in [-0.39, 0.29) is 11.9 Å². The number of hydrogen-bond acceptors (Lipinski definition) is 4. The van der Waals surface area contributed by atoms with Gasteiger partial charge in [0.2, 0.25) is 0 Å². The summed E-state index contributed by atoms with van der Waals surface area (Å²) in [7, 11) is 5.64. The van der Waals surface area contributed by atoms with Gasteiger partial charge in [0, 0.05) is 12.1 Å². The van der Waals surface area contributed by atoms with Crippen LogP contribution in [0.15, 0.2) is 41.1 Å². The minimum atomic E-state index is -0.0697. The largest absolute Gasteiger partial charge is 0.497 e. The molecule has 0 spiro atoms. The molecule has 1 aromatic carbocycles. The molecule has 0 aliphatic heterocycles. The number of ether oxygens (including phenoxy) is 1. The van der Waals surface area contributed by atoms with Crippen LogP contribution in [-0.2, 0) is 0 Å². The quantitative estimate of drug-likeness (QED) is 0.892. The van der Waals surface area contributed by atoms with Crippen molar-refractivity contribution in [2.75, 3.05) is 27.7 Å². The van der Waals surface area contributed by atoms with Crippen molar-refractivity contribution in [2.45, 2.75) is 6.04 Å². The van der Waals surface area contributed by atoms with Gasteiger partial charge in [-0.2, -0.15) is 11.3 Å². The number of methoxy groups -OCH3 is 1. The standard InChI is InChI=1S/C16H20N2O2S/c1-18(2)15(13-8-9-21-11-13)10-17-16(19)12-4-6-14(20-3)7-5-12/h4-9,11,15H,10H2,1-3H3,(H,17,19). The van der Waals surface area contributed by atoms with Crippen molar-refractivity contribution >= 4 is 17.2 Å². The van der Waals surface area contributed by atoms with Crippen molar-refractivity contribution in [3.63, 3.8) is 0 Å². The molecular weight excluding hydrogens is 284 g/mol. The molecule has 0 aliphatic carbocycles. The third-order valence-electron chi connectivity index (χ3n) is 3.36. The van der Waals surface area contributed by atoms with Gasteiger partial charge in [-0.1, -0.05) is 0 Å². The van der Waals surface area contributed by atoms with Crippen LogP contribution in [0, 0.1) is 0 Å². The van der Waals surface area contributed by atoms with Crippen LogP contribution in [0.2, 0.25) is 0 Å². The van der Waals surface area contributed by atoms with E-state index in [2.05, 4.69) is 27.0 Å². The predicted molar refractivity (Wildman–Crippen MR) is 86.1 cm³/mol. The minimum Gasteiger partial charge on any atom is -0.497 e. The van der Waals surface area contributed by atoms with Crippen LogP contribution in [0.1, 0.15) is 22.0 Å². The predicted octanol–water partition coefficient (Wildman–Crippen LogP) is 2.79. The fourth-order valence-corrected chi connectivity index (χ4v) is 2.80. The Bertz CT molecular complexity index is 564. The maximum atomic E-state index is 12.2. The highest BCUT2D eigenvalue weighted by Gasteiger charge is 2.16. The molecule has 1 unspecified atom stereocenters.